The van der Waals surface area contributed by atoms with Crippen LogP contribution in [0.1, 0.15) is 18.9 Å². The average Bonchev–Trinajstić information content (AvgIpc) is 2.46. The van der Waals surface area contributed by atoms with Crippen LogP contribution in [0, 0.1) is 0 Å². The zero-order valence-electron chi connectivity index (χ0n) is 11.7. The molecule has 0 aliphatic heterocycles. The fourth-order valence-electron chi connectivity index (χ4n) is 1.60. The molecule has 0 bridgehead atoms. The highest BCUT2D eigenvalue weighted by atomic mass is 32.2. The quantitative estimate of drug-likeness (QED) is 0.721. The van der Waals surface area contributed by atoms with Crippen LogP contribution in [-0.2, 0) is 19.6 Å². The Balaban J connectivity index is 2.74. The molecule has 0 aliphatic carbocycles. The van der Waals surface area contributed by atoms with E-state index in [9.17, 15) is 13.2 Å². The number of carbonyl (C=O) groups excluding carboxylic acids is 1. The molecule has 1 aromatic rings. The summed E-state index contributed by atoms with van der Waals surface area (Å²) in [4.78, 5) is 11.1. The minimum Gasteiger partial charge on any atom is -0.469 e. The van der Waals surface area contributed by atoms with Gasteiger partial charge < -0.3 is 4.74 Å². The van der Waals surface area contributed by atoms with Gasteiger partial charge in [0.15, 0.2) is 0 Å². The molecule has 6 heteroatoms. The van der Waals surface area contributed by atoms with Crippen LogP contribution in [-0.4, -0.2) is 38.9 Å². The average molecular weight is 297 g/mol. The van der Waals surface area contributed by atoms with Gasteiger partial charge in [0, 0.05) is 18.5 Å². The largest absolute Gasteiger partial charge is 0.469 e. The molecule has 0 amide bonds. The van der Waals surface area contributed by atoms with Crippen LogP contribution in [0.15, 0.2) is 35.7 Å². The molecule has 0 fully saturated rings. The van der Waals surface area contributed by atoms with Gasteiger partial charge in [-0.25, -0.2) is 8.42 Å². The van der Waals surface area contributed by atoms with Crippen LogP contribution < -0.4 is 0 Å². The molecule has 110 valence electrons. The minimum atomic E-state index is -3.53. The predicted molar refractivity (Wildman–Crippen MR) is 78.3 cm³/mol. The third-order valence-electron chi connectivity index (χ3n) is 2.74. The van der Waals surface area contributed by atoms with Crippen molar-refractivity contribution in [3.8, 4) is 0 Å². The van der Waals surface area contributed by atoms with Crippen molar-refractivity contribution in [2.45, 2.75) is 13.3 Å². The van der Waals surface area contributed by atoms with Crippen molar-refractivity contribution in [1.82, 2.24) is 4.31 Å². The Kier molecular flexibility index (Phi) is 6.41. The van der Waals surface area contributed by atoms with E-state index in [2.05, 4.69) is 4.74 Å². The Hall–Kier alpha value is -1.66. The van der Waals surface area contributed by atoms with Gasteiger partial charge in [0.05, 0.1) is 13.5 Å². The van der Waals surface area contributed by atoms with Crippen molar-refractivity contribution in [2.75, 3.05) is 20.2 Å². The molecule has 0 saturated carbocycles. The number of rotatable bonds is 7. The molecule has 20 heavy (non-hydrogen) atoms. The fraction of sp³-hybridized carbons (Fsp3) is 0.357. The molecule has 0 heterocycles. The monoisotopic (exact) mass is 297 g/mol. The summed E-state index contributed by atoms with van der Waals surface area (Å²) in [7, 11) is -2.25. The maximum atomic E-state index is 12.1. The van der Waals surface area contributed by atoms with E-state index in [1.54, 1.807) is 6.92 Å². The van der Waals surface area contributed by atoms with E-state index in [0.29, 0.717) is 6.54 Å². The number of ether oxygens (including phenoxy) is 1. The van der Waals surface area contributed by atoms with Gasteiger partial charge in [-0.15, -0.1) is 0 Å². The molecule has 0 spiro atoms. The molecule has 0 N–H and O–H groups in total. The lowest BCUT2D eigenvalue weighted by molar-refractivity contribution is -0.140. The summed E-state index contributed by atoms with van der Waals surface area (Å²) < 4.78 is 30.0. The van der Waals surface area contributed by atoms with Crippen LogP contribution in [0.2, 0.25) is 0 Å². The summed E-state index contributed by atoms with van der Waals surface area (Å²) in [6.45, 7) is 2.15. The number of carbonyl (C=O) groups is 1. The Morgan fingerprint density at radius 1 is 1.30 bits per heavy atom. The van der Waals surface area contributed by atoms with Crippen molar-refractivity contribution >= 4 is 22.1 Å². The van der Waals surface area contributed by atoms with Crippen molar-refractivity contribution in [3.05, 3.63) is 41.3 Å². The first-order chi connectivity index (χ1) is 9.49. The van der Waals surface area contributed by atoms with Gasteiger partial charge in [0.25, 0.3) is 0 Å². The summed E-state index contributed by atoms with van der Waals surface area (Å²) in [6.07, 6.45) is 1.58. The molecule has 0 aromatic heterocycles. The van der Waals surface area contributed by atoms with Gasteiger partial charge in [0.2, 0.25) is 10.0 Å². The second kappa shape index (κ2) is 7.81. The van der Waals surface area contributed by atoms with E-state index in [4.69, 9.17) is 0 Å². The van der Waals surface area contributed by atoms with Gasteiger partial charge in [-0.2, -0.15) is 4.31 Å². The van der Waals surface area contributed by atoms with Crippen molar-refractivity contribution in [2.24, 2.45) is 0 Å². The van der Waals surface area contributed by atoms with Gasteiger partial charge in [-0.3, -0.25) is 4.79 Å². The lowest BCUT2D eigenvalue weighted by Gasteiger charge is -2.17. The smallest absolute Gasteiger partial charge is 0.306 e. The molecular weight excluding hydrogens is 278 g/mol. The van der Waals surface area contributed by atoms with Gasteiger partial charge in [-0.1, -0.05) is 37.3 Å². The maximum absolute atomic E-state index is 12.1. The topological polar surface area (TPSA) is 63.7 Å². The molecule has 0 atom stereocenters. The van der Waals surface area contributed by atoms with Gasteiger partial charge in [0.1, 0.15) is 0 Å². The van der Waals surface area contributed by atoms with Crippen LogP contribution in [0.25, 0.3) is 6.08 Å². The molecule has 0 aliphatic rings. The van der Waals surface area contributed by atoms with E-state index in [1.165, 1.54) is 17.5 Å². The number of methoxy groups -OCH3 is 1. The summed E-state index contributed by atoms with van der Waals surface area (Å²) in [6, 6.07) is 9.16. The Bertz CT molecular complexity index is 552. The standard InChI is InChI=1S/C14H19NO4S/c1-3-15(11-9-14(16)19-2)20(17,18)12-10-13-7-5-4-6-8-13/h4-8,10,12H,3,9,11H2,1-2H3/b12-10+. The number of hydrogen-bond donors (Lipinski definition) is 0. The highest BCUT2D eigenvalue weighted by molar-refractivity contribution is 7.92. The van der Waals surface area contributed by atoms with Crippen LogP contribution in [0.3, 0.4) is 0 Å². The predicted octanol–water partition coefficient (Wildman–Crippen LogP) is 1.87. The number of sulfonamides is 1. The molecule has 1 rings (SSSR count). The first-order valence-electron chi connectivity index (χ1n) is 6.29. The zero-order valence-corrected chi connectivity index (χ0v) is 12.5. The second-order valence-corrected chi connectivity index (χ2v) is 5.89. The Morgan fingerprint density at radius 2 is 1.95 bits per heavy atom. The molecule has 1 aromatic carbocycles. The summed E-state index contributed by atoms with van der Waals surface area (Å²) in [5.41, 5.74) is 0.806. The van der Waals surface area contributed by atoms with Crippen molar-refractivity contribution < 1.29 is 17.9 Å². The molecule has 5 nitrogen and oxygen atoms in total. The number of hydrogen-bond acceptors (Lipinski definition) is 4. The second-order valence-electron chi connectivity index (χ2n) is 4.08. The highest BCUT2D eigenvalue weighted by Gasteiger charge is 2.18. The molecular formula is C14H19NO4S. The summed E-state index contributed by atoms with van der Waals surface area (Å²) >= 11 is 0. The van der Waals surface area contributed by atoms with E-state index >= 15 is 0 Å². The molecule has 0 saturated heterocycles. The normalized spacial score (nSPS) is 11.9. The van der Waals surface area contributed by atoms with Crippen LogP contribution in [0.5, 0.6) is 0 Å². The fourth-order valence-corrected chi connectivity index (χ4v) is 2.81. The maximum Gasteiger partial charge on any atom is 0.306 e. The first-order valence-corrected chi connectivity index (χ1v) is 7.80. The molecule has 0 unspecified atom stereocenters. The number of nitrogens with zero attached hydrogens (tertiary/aromatic N) is 1. The van der Waals surface area contributed by atoms with Crippen molar-refractivity contribution in [3.63, 3.8) is 0 Å². The molecule has 0 radical (unpaired) electrons. The number of benzene rings is 1. The van der Waals surface area contributed by atoms with Crippen LogP contribution in [0.4, 0.5) is 0 Å². The first kappa shape index (κ1) is 16.4. The van der Waals surface area contributed by atoms with E-state index in [0.717, 1.165) is 11.0 Å². The third kappa shape index (κ3) is 5.14. The lowest BCUT2D eigenvalue weighted by atomic mass is 10.2. The van der Waals surface area contributed by atoms with Gasteiger partial charge in [-0.05, 0) is 11.6 Å². The zero-order chi connectivity index (χ0) is 15.0. The Labute approximate surface area is 119 Å². The van der Waals surface area contributed by atoms with Crippen molar-refractivity contribution in [1.29, 1.82) is 0 Å². The van der Waals surface area contributed by atoms with E-state index in [-0.39, 0.29) is 13.0 Å². The highest BCUT2D eigenvalue weighted by Crippen LogP contribution is 2.08. The summed E-state index contributed by atoms with van der Waals surface area (Å²) in [5.74, 6) is -0.425. The van der Waals surface area contributed by atoms with E-state index < -0.39 is 16.0 Å². The SMILES string of the molecule is CCN(CCC(=O)OC)S(=O)(=O)/C=C/c1ccccc1. The minimum absolute atomic E-state index is 0.0444. The van der Waals surface area contributed by atoms with E-state index in [1.807, 2.05) is 30.3 Å². The third-order valence-corrected chi connectivity index (χ3v) is 4.38. The number of esters is 1. The van der Waals surface area contributed by atoms with Crippen LogP contribution >= 0.6 is 0 Å². The summed E-state index contributed by atoms with van der Waals surface area (Å²) in [5, 5.41) is 1.16. The Morgan fingerprint density at radius 3 is 2.50 bits per heavy atom. The lowest BCUT2D eigenvalue weighted by Crippen LogP contribution is -2.31. The van der Waals surface area contributed by atoms with Gasteiger partial charge >= 0.3 is 5.97 Å².